The highest BCUT2D eigenvalue weighted by Gasteiger charge is 2.49. The highest BCUT2D eigenvalue weighted by Crippen LogP contribution is 2.49. The number of thiophene rings is 2. The van der Waals surface area contributed by atoms with Crippen LogP contribution in [0.15, 0.2) is 44.6 Å². The molecular formula is C30H39BrN2O2S2. The van der Waals surface area contributed by atoms with Crippen molar-refractivity contribution in [2.75, 3.05) is 13.1 Å². The van der Waals surface area contributed by atoms with Crippen molar-refractivity contribution in [2.24, 2.45) is 11.8 Å². The van der Waals surface area contributed by atoms with Crippen molar-refractivity contribution < 1.29 is 9.59 Å². The molecule has 0 unspecified atom stereocenters. The third-order valence-corrected chi connectivity index (χ3v) is 10.2. The Labute approximate surface area is 238 Å². The van der Waals surface area contributed by atoms with Crippen LogP contribution in [0.4, 0.5) is 0 Å². The van der Waals surface area contributed by atoms with E-state index in [0.29, 0.717) is 36.1 Å². The predicted octanol–water partition coefficient (Wildman–Crippen LogP) is 8.81. The van der Waals surface area contributed by atoms with Crippen LogP contribution < -0.4 is 0 Å². The Morgan fingerprint density at radius 2 is 1.32 bits per heavy atom. The zero-order chi connectivity index (χ0) is 26.5. The van der Waals surface area contributed by atoms with E-state index in [4.69, 9.17) is 0 Å². The summed E-state index contributed by atoms with van der Waals surface area (Å²) in [4.78, 5) is 34.4. The molecule has 2 aliphatic rings. The molecule has 0 aromatic carbocycles. The fraction of sp³-hybridized carbons (Fsp3) is 0.533. The summed E-state index contributed by atoms with van der Waals surface area (Å²) >= 11 is 6.82. The van der Waals surface area contributed by atoms with Gasteiger partial charge >= 0.3 is 0 Å². The van der Waals surface area contributed by atoms with E-state index in [2.05, 4.69) is 49.7 Å². The molecule has 2 aromatic heterocycles. The first-order chi connectivity index (χ1) is 17.9. The second-order valence-electron chi connectivity index (χ2n) is 10.2. The Kier molecular flexibility index (Phi) is 9.87. The summed E-state index contributed by atoms with van der Waals surface area (Å²) < 4.78 is 1.00. The molecule has 0 saturated carbocycles. The number of amides is 2. The third kappa shape index (κ3) is 5.84. The Morgan fingerprint density at radius 3 is 1.73 bits per heavy atom. The third-order valence-electron chi connectivity index (χ3n) is 7.71. The summed E-state index contributed by atoms with van der Waals surface area (Å²) in [7, 11) is 0. The molecule has 2 aliphatic heterocycles. The van der Waals surface area contributed by atoms with E-state index in [0.717, 1.165) is 76.3 Å². The maximum absolute atomic E-state index is 14.3. The van der Waals surface area contributed by atoms with E-state index in [-0.39, 0.29) is 11.8 Å². The lowest BCUT2D eigenvalue weighted by Crippen LogP contribution is -2.34. The van der Waals surface area contributed by atoms with E-state index in [1.807, 2.05) is 33.4 Å². The molecular weight excluding hydrogens is 564 g/mol. The molecule has 0 saturated heterocycles. The van der Waals surface area contributed by atoms with E-state index >= 15 is 0 Å². The second-order valence-corrected chi connectivity index (χ2v) is 13.6. The average molecular weight is 604 g/mol. The standard InChI is InChI=1S/C30H39BrN2O2S2/c1-5-9-12-20(7-3)18-32-27(22-14-11-17-36-22)25-26(30(32)35)28(23-15-16-24(31)37-23)33(29(25)34)19-21(8-4)13-10-6-2/h11,14-17,20-21H,5-10,12-13,18-19H2,1-4H3/t20-,21-/m1/s1. The number of halogens is 1. The Morgan fingerprint density at radius 1 is 0.784 bits per heavy atom. The molecule has 0 N–H and O–H groups in total. The topological polar surface area (TPSA) is 40.6 Å². The maximum Gasteiger partial charge on any atom is 0.261 e. The molecule has 37 heavy (non-hydrogen) atoms. The number of nitrogens with zero attached hydrogens (tertiary/aromatic N) is 2. The van der Waals surface area contributed by atoms with Crippen molar-refractivity contribution in [1.82, 2.24) is 9.80 Å². The van der Waals surface area contributed by atoms with Crippen LogP contribution in [0.5, 0.6) is 0 Å². The van der Waals surface area contributed by atoms with Crippen molar-refractivity contribution in [1.29, 1.82) is 0 Å². The SMILES string of the molecule is CCCC[C@@H](CC)CN1C(=O)C2=C(c3ccc(Br)s3)N(C[C@H](CC)CCCC)C(=O)C2=C1c1cccs1. The fourth-order valence-electron chi connectivity index (χ4n) is 5.46. The lowest BCUT2D eigenvalue weighted by Gasteiger charge is -2.29. The van der Waals surface area contributed by atoms with Crippen LogP contribution >= 0.6 is 38.6 Å². The monoisotopic (exact) mass is 602 g/mol. The van der Waals surface area contributed by atoms with Gasteiger partial charge in [0.05, 0.1) is 36.1 Å². The van der Waals surface area contributed by atoms with Crippen molar-refractivity contribution in [3.63, 3.8) is 0 Å². The predicted molar refractivity (Wildman–Crippen MR) is 160 cm³/mol. The van der Waals surface area contributed by atoms with Gasteiger partial charge in [-0.05, 0) is 64.2 Å². The van der Waals surface area contributed by atoms with Gasteiger partial charge in [0, 0.05) is 13.1 Å². The van der Waals surface area contributed by atoms with E-state index in [9.17, 15) is 9.59 Å². The minimum atomic E-state index is -0.00896. The fourth-order valence-corrected chi connectivity index (χ4v) is 7.69. The van der Waals surface area contributed by atoms with Crippen molar-refractivity contribution in [3.8, 4) is 0 Å². The molecule has 2 atom stereocenters. The van der Waals surface area contributed by atoms with E-state index in [1.54, 1.807) is 22.7 Å². The first-order valence-electron chi connectivity index (χ1n) is 13.9. The first kappa shape index (κ1) is 28.3. The quantitative estimate of drug-likeness (QED) is 0.217. The molecule has 0 fully saturated rings. The van der Waals surface area contributed by atoms with Crippen LogP contribution in [0.1, 0.15) is 88.8 Å². The van der Waals surface area contributed by atoms with Gasteiger partial charge < -0.3 is 9.80 Å². The lowest BCUT2D eigenvalue weighted by molar-refractivity contribution is -0.124. The Balaban J connectivity index is 1.83. The molecule has 4 nitrogen and oxygen atoms in total. The number of unbranched alkanes of at least 4 members (excludes halogenated alkanes) is 2. The van der Waals surface area contributed by atoms with Gasteiger partial charge in [0.25, 0.3) is 11.8 Å². The van der Waals surface area contributed by atoms with Crippen LogP contribution in [0.2, 0.25) is 0 Å². The van der Waals surface area contributed by atoms with E-state index in [1.165, 1.54) is 0 Å². The number of carbonyl (C=O) groups excluding carboxylic acids is 2. The molecule has 0 radical (unpaired) electrons. The van der Waals surface area contributed by atoms with Crippen molar-refractivity contribution in [3.05, 3.63) is 54.3 Å². The van der Waals surface area contributed by atoms with Gasteiger partial charge in [-0.25, -0.2) is 0 Å². The average Bonchev–Trinajstić information content (AvgIpc) is 3.67. The Hall–Kier alpha value is -1.70. The first-order valence-corrected chi connectivity index (χ1v) is 16.4. The number of carbonyl (C=O) groups is 2. The molecule has 7 heteroatoms. The molecule has 4 rings (SSSR count). The van der Waals surface area contributed by atoms with Gasteiger partial charge in [0.2, 0.25) is 0 Å². The van der Waals surface area contributed by atoms with Crippen LogP contribution in [0.3, 0.4) is 0 Å². The molecule has 2 amide bonds. The number of hydrogen-bond donors (Lipinski definition) is 0. The van der Waals surface area contributed by atoms with Crippen LogP contribution in [-0.2, 0) is 9.59 Å². The smallest absolute Gasteiger partial charge is 0.261 e. The number of hydrogen-bond acceptors (Lipinski definition) is 4. The van der Waals surface area contributed by atoms with Crippen LogP contribution in [0.25, 0.3) is 11.4 Å². The highest BCUT2D eigenvalue weighted by atomic mass is 79.9. The molecule has 4 heterocycles. The van der Waals surface area contributed by atoms with E-state index < -0.39 is 0 Å². The molecule has 0 spiro atoms. The van der Waals surface area contributed by atoms with Gasteiger partial charge in [-0.3, -0.25) is 9.59 Å². The summed E-state index contributed by atoms with van der Waals surface area (Å²) in [6, 6.07) is 8.13. The van der Waals surface area contributed by atoms with Crippen molar-refractivity contribution in [2.45, 2.75) is 79.1 Å². The summed E-state index contributed by atoms with van der Waals surface area (Å²) in [5.41, 5.74) is 2.86. The molecule has 0 aliphatic carbocycles. The number of rotatable bonds is 14. The second kappa shape index (κ2) is 12.9. The molecule has 0 bridgehead atoms. The van der Waals surface area contributed by atoms with Gasteiger partial charge in [-0.15, -0.1) is 22.7 Å². The largest absolute Gasteiger partial charge is 0.306 e. The normalized spacial score (nSPS) is 17.4. The van der Waals surface area contributed by atoms with Gasteiger partial charge in [0.15, 0.2) is 0 Å². The summed E-state index contributed by atoms with van der Waals surface area (Å²) in [5.74, 6) is 0.816. The zero-order valence-corrected chi connectivity index (χ0v) is 25.7. The van der Waals surface area contributed by atoms with Gasteiger partial charge in [-0.2, -0.15) is 0 Å². The summed E-state index contributed by atoms with van der Waals surface area (Å²) in [6.07, 6.45) is 8.85. The summed E-state index contributed by atoms with van der Waals surface area (Å²) in [6.45, 7) is 10.2. The molecule has 2 aromatic rings. The van der Waals surface area contributed by atoms with Gasteiger partial charge in [0.1, 0.15) is 0 Å². The lowest BCUT2D eigenvalue weighted by atomic mass is 9.98. The Bertz CT molecular complexity index is 1160. The van der Waals surface area contributed by atoms with Crippen LogP contribution in [-0.4, -0.2) is 34.7 Å². The number of fused-ring (bicyclic) bond motifs is 1. The zero-order valence-electron chi connectivity index (χ0n) is 22.5. The highest BCUT2D eigenvalue weighted by molar-refractivity contribution is 9.11. The van der Waals surface area contributed by atoms with Gasteiger partial charge in [-0.1, -0.05) is 72.3 Å². The summed E-state index contributed by atoms with van der Waals surface area (Å²) in [5, 5.41) is 2.04. The minimum absolute atomic E-state index is 0.00896. The van der Waals surface area contributed by atoms with Crippen LogP contribution in [0, 0.1) is 11.8 Å². The minimum Gasteiger partial charge on any atom is -0.306 e. The van der Waals surface area contributed by atoms with Crippen molar-refractivity contribution >= 4 is 61.8 Å². The molecule has 200 valence electrons. The maximum atomic E-state index is 14.3.